The second-order valence-corrected chi connectivity index (χ2v) is 4.55. The number of carbonyl (C=O) groups is 1. The van der Waals surface area contributed by atoms with E-state index in [0.717, 1.165) is 36.4 Å². The van der Waals surface area contributed by atoms with Crippen LogP contribution in [0.1, 0.15) is 18.7 Å². The molecule has 2 rings (SSSR count). The topological polar surface area (TPSA) is 69.0 Å². The number of methoxy groups -OCH3 is 1. The number of amides is 1. The van der Waals surface area contributed by atoms with Gasteiger partial charge in [0.05, 0.1) is 6.61 Å². The van der Waals surface area contributed by atoms with Gasteiger partial charge >= 0.3 is 0 Å². The Labute approximate surface area is 118 Å². The predicted octanol–water partition coefficient (Wildman–Crippen LogP) is 1.15. The highest BCUT2D eigenvalue weighted by atomic mass is 16.5. The van der Waals surface area contributed by atoms with Gasteiger partial charge in [-0.15, -0.1) is 0 Å². The van der Waals surface area contributed by atoms with Crippen molar-refractivity contribution < 1.29 is 9.53 Å². The number of rotatable bonds is 7. The molecule has 0 unspecified atom stereocenters. The minimum Gasteiger partial charge on any atom is -0.383 e. The second-order valence-electron chi connectivity index (χ2n) is 4.55. The molecule has 0 radical (unpaired) electrons. The molecule has 0 aliphatic carbocycles. The number of ether oxygens (including phenoxy) is 1. The molecular formula is C14H20N4O2. The number of imidazole rings is 1. The van der Waals surface area contributed by atoms with Crippen LogP contribution < -0.4 is 5.32 Å². The van der Waals surface area contributed by atoms with Crippen LogP contribution in [0, 0.1) is 0 Å². The van der Waals surface area contributed by atoms with Gasteiger partial charge in [-0.2, -0.15) is 0 Å². The van der Waals surface area contributed by atoms with Crippen molar-refractivity contribution in [2.45, 2.75) is 25.8 Å². The lowest BCUT2D eigenvalue weighted by molar-refractivity contribution is -0.120. The Bertz CT molecular complexity index is 580. The third-order valence-electron chi connectivity index (χ3n) is 3.18. The van der Waals surface area contributed by atoms with Crippen molar-refractivity contribution >= 4 is 17.1 Å². The molecule has 0 saturated carbocycles. The largest absolute Gasteiger partial charge is 0.383 e. The van der Waals surface area contributed by atoms with Crippen molar-refractivity contribution in [2.75, 3.05) is 20.8 Å². The van der Waals surface area contributed by atoms with Crippen molar-refractivity contribution in [3.05, 3.63) is 24.2 Å². The molecule has 1 amide bonds. The summed E-state index contributed by atoms with van der Waals surface area (Å²) in [5, 5.41) is 2.63. The van der Waals surface area contributed by atoms with Gasteiger partial charge in [0.1, 0.15) is 11.3 Å². The molecule has 0 aliphatic heterocycles. The number of aryl methyl sites for hydroxylation is 1. The Morgan fingerprint density at radius 1 is 1.50 bits per heavy atom. The first-order chi connectivity index (χ1) is 9.76. The molecule has 20 heavy (non-hydrogen) atoms. The smallest absolute Gasteiger partial charge is 0.219 e. The van der Waals surface area contributed by atoms with Gasteiger partial charge in [-0.05, 0) is 18.6 Å². The van der Waals surface area contributed by atoms with Crippen molar-refractivity contribution in [2.24, 2.45) is 0 Å². The van der Waals surface area contributed by atoms with Crippen molar-refractivity contribution in [3.8, 4) is 0 Å². The van der Waals surface area contributed by atoms with Crippen LogP contribution >= 0.6 is 0 Å². The van der Waals surface area contributed by atoms with Crippen LogP contribution in [0.3, 0.4) is 0 Å². The van der Waals surface area contributed by atoms with Crippen LogP contribution in [0.5, 0.6) is 0 Å². The first kappa shape index (κ1) is 14.5. The van der Waals surface area contributed by atoms with Crippen LogP contribution in [-0.2, 0) is 22.5 Å². The van der Waals surface area contributed by atoms with E-state index in [1.807, 2.05) is 12.1 Å². The molecule has 0 spiro atoms. The second kappa shape index (κ2) is 7.00. The zero-order valence-corrected chi connectivity index (χ0v) is 11.9. The highest BCUT2D eigenvalue weighted by Gasteiger charge is 2.11. The van der Waals surface area contributed by atoms with Gasteiger partial charge in [0.25, 0.3) is 0 Å². The lowest BCUT2D eigenvalue weighted by Crippen LogP contribution is -2.17. The summed E-state index contributed by atoms with van der Waals surface area (Å²) in [7, 11) is 3.33. The van der Waals surface area contributed by atoms with Gasteiger partial charge in [0, 0.05) is 39.7 Å². The molecule has 0 saturated heterocycles. The van der Waals surface area contributed by atoms with E-state index in [1.54, 1.807) is 20.4 Å². The summed E-state index contributed by atoms with van der Waals surface area (Å²) in [6.07, 6.45) is 3.81. The molecule has 0 atom stereocenters. The molecular weight excluding hydrogens is 256 g/mol. The summed E-state index contributed by atoms with van der Waals surface area (Å²) >= 11 is 0. The molecule has 2 aromatic heterocycles. The van der Waals surface area contributed by atoms with Gasteiger partial charge in [-0.3, -0.25) is 4.79 Å². The van der Waals surface area contributed by atoms with E-state index in [9.17, 15) is 4.79 Å². The summed E-state index contributed by atoms with van der Waals surface area (Å²) in [6, 6.07) is 3.83. The highest BCUT2D eigenvalue weighted by molar-refractivity contribution is 5.75. The monoisotopic (exact) mass is 276 g/mol. The third-order valence-corrected chi connectivity index (χ3v) is 3.18. The molecule has 0 fully saturated rings. The van der Waals surface area contributed by atoms with Gasteiger partial charge in [-0.25, -0.2) is 9.97 Å². The molecule has 0 aliphatic rings. The number of hydrogen-bond acceptors (Lipinski definition) is 4. The Balaban J connectivity index is 2.15. The first-order valence-electron chi connectivity index (χ1n) is 6.76. The van der Waals surface area contributed by atoms with Crippen molar-refractivity contribution in [3.63, 3.8) is 0 Å². The number of hydrogen-bond donors (Lipinski definition) is 1. The predicted molar refractivity (Wildman–Crippen MR) is 76.4 cm³/mol. The van der Waals surface area contributed by atoms with Crippen LogP contribution in [-0.4, -0.2) is 41.2 Å². The SMILES string of the molecule is CNC(=O)CCCc1nc2cccnc2n1CCOC. The Hall–Kier alpha value is -1.95. The highest BCUT2D eigenvalue weighted by Crippen LogP contribution is 2.15. The van der Waals surface area contributed by atoms with Crippen LogP contribution in [0.4, 0.5) is 0 Å². The molecule has 6 heteroatoms. The quantitative estimate of drug-likeness (QED) is 0.823. The average Bonchev–Trinajstić information content (AvgIpc) is 2.82. The fraction of sp³-hybridized carbons (Fsp3) is 0.500. The zero-order chi connectivity index (χ0) is 14.4. The van der Waals surface area contributed by atoms with E-state index in [4.69, 9.17) is 4.74 Å². The summed E-state index contributed by atoms with van der Waals surface area (Å²) in [4.78, 5) is 20.2. The van der Waals surface area contributed by atoms with Crippen LogP contribution in [0.25, 0.3) is 11.2 Å². The van der Waals surface area contributed by atoms with E-state index >= 15 is 0 Å². The summed E-state index contributed by atoms with van der Waals surface area (Å²) in [6.45, 7) is 1.34. The Kier molecular flexibility index (Phi) is 5.06. The normalized spacial score (nSPS) is 10.9. The molecule has 2 aromatic rings. The van der Waals surface area contributed by atoms with E-state index in [0.29, 0.717) is 13.0 Å². The first-order valence-corrected chi connectivity index (χ1v) is 6.76. The molecule has 2 heterocycles. The van der Waals surface area contributed by atoms with Gasteiger partial charge in [0.15, 0.2) is 5.65 Å². The van der Waals surface area contributed by atoms with Crippen LogP contribution in [0.15, 0.2) is 18.3 Å². The molecule has 108 valence electrons. The van der Waals surface area contributed by atoms with E-state index in [-0.39, 0.29) is 5.91 Å². The standard InChI is InChI=1S/C14H20N4O2/c1-15-13(19)7-3-6-12-17-11-5-4-8-16-14(11)18(12)9-10-20-2/h4-5,8H,3,6-7,9-10H2,1-2H3,(H,15,19). The van der Waals surface area contributed by atoms with Gasteiger partial charge in [-0.1, -0.05) is 0 Å². The van der Waals surface area contributed by atoms with E-state index in [2.05, 4.69) is 19.9 Å². The molecule has 0 bridgehead atoms. The molecule has 6 nitrogen and oxygen atoms in total. The van der Waals surface area contributed by atoms with E-state index < -0.39 is 0 Å². The number of pyridine rings is 1. The van der Waals surface area contributed by atoms with Crippen molar-refractivity contribution in [1.82, 2.24) is 19.9 Å². The van der Waals surface area contributed by atoms with E-state index in [1.165, 1.54) is 0 Å². The number of nitrogens with one attached hydrogen (secondary N) is 1. The molecule has 0 aromatic carbocycles. The third kappa shape index (κ3) is 3.33. The summed E-state index contributed by atoms with van der Waals surface area (Å²) in [5.74, 6) is 1.02. The summed E-state index contributed by atoms with van der Waals surface area (Å²) < 4.78 is 7.21. The summed E-state index contributed by atoms with van der Waals surface area (Å²) in [5.41, 5.74) is 1.76. The van der Waals surface area contributed by atoms with Gasteiger partial charge in [0.2, 0.25) is 5.91 Å². The number of aromatic nitrogens is 3. The number of carbonyl (C=O) groups excluding carboxylic acids is 1. The molecule has 1 N–H and O–H groups in total. The van der Waals surface area contributed by atoms with Gasteiger partial charge < -0.3 is 14.6 Å². The minimum atomic E-state index is 0.0580. The Morgan fingerprint density at radius 3 is 3.10 bits per heavy atom. The fourth-order valence-corrected chi connectivity index (χ4v) is 2.15. The maximum atomic E-state index is 11.3. The van der Waals surface area contributed by atoms with Crippen molar-refractivity contribution in [1.29, 1.82) is 0 Å². The lowest BCUT2D eigenvalue weighted by Gasteiger charge is -2.07. The zero-order valence-electron chi connectivity index (χ0n) is 11.9. The fourth-order valence-electron chi connectivity index (χ4n) is 2.15. The lowest BCUT2D eigenvalue weighted by atomic mass is 10.2. The maximum absolute atomic E-state index is 11.3. The minimum absolute atomic E-state index is 0.0580. The van der Waals surface area contributed by atoms with Crippen LogP contribution in [0.2, 0.25) is 0 Å². The maximum Gasteiger partial charge on any atom is 0.219 e. The average molecular weight is 276 g/mol. The number of fused-ring (bicyclic) bond motifs is 1. The number of nitrogens with zero attached hydrogens (tertiary/aromatic N) is 3. The Morgan fingerprint density at radius 2 is 2.35 bits per heavy atom.